The lowest BCUT2D eigenvalue weighted by molar-refractivity contribution is -0.274. The predicted molar refractivity (Wildman–Crippen MR) is 60.8 cm³/mol. The third kappa shape index (κ3) is 5.81. The van der Waals surface area contributed by atoms with E-state index in [9.17, 15) is 13.2 Å². The Morgan fingerprint density at radius 3 is 2.83 bits per heavy atom. The minimum Gasteiger partial charge on any atom is -0.406 e. The fourth-order valence-electron chi connectivity index (χ4n) is 1.21. The van der Waals surface area contributed by atoms with Crippen LogP contribution in [-0.4, -0.2) is 12.9 Å². The Hall–Kier alpha value is -2.14. The number of alkyl halides is 3. The molecule has 1 rings (SSSR count). The highest BCUT2D eigenvalue weighted by molar-refractivity contribution is 5.51. The molecule has 0 saturated carbocycles. The molecule has 0 aliphatic carbocycles. The molecule has 1 aromatic carbocycles. The molecule has 4 nitrogen and oxygen atoms in total. The van der Waals surface area contributed by atoms with Crippen LogP contribution in [0.25, 0.3) is 16.5 Å². The summed E-state index contributed by atoms with van der Waals surface area (Å²) in [5.74, 6) is -0.264. The molecule has 18 heavy (non-hydrogen) atoms. The van der Waals surface area contributed by atoms with Crippen molar-refractivity contribution in [3.63, 3.8) is 0 Å². The SMILES string of the molecule is [N-]=[N+]=NCCC=Cc1cccc(OC(F)(F)F)c1. The Balaban J connectivity index is 2.62. The first-order valence-corrected chi connectivity index (χ1v) is 5.04. The van der Waals surface area contributed by atoms with Crippen molar-refractivity contribution < 1.29 is 17.9 Å². The number of benzene rings is 1. The van der Waals surface area contributed by atoms with E-state index in [0.717, 1.165) is 0 Å². The number of ether oxygens (including phenoxy) is 1. The van der Waals surface area contributed by atoms with E-state index < -0.39 is 6.36 Å². The molecule has 1 aromatic rings. The smallest absolute Gasteiger partial charge is 0.406 e. The summed E-state index contributed by atoms with van der Waals surface area (Å²) in [5, 5.41) is 3.32. The van der Waals surface area contributed by atoms with Crippen molar-refractivity contribution in [1.29, 1.82) is 0 Å². The van der Waals surface area contributed by atoms with Crippen molar-refractivity contribution >= 4 is 6.08 Å². The van der Waals surface area contributed by atoms with Crippen LogP contribution in [0.3, 0.4) is 0 Å². The van der Waals surface area contributed by atoms with Gasteiger partial charge in [0, 0.05) is 11.5 Å². The molecule has 0 unspecified atom stereocenters. The van der Waals surface area contributed by atoms with Crippen LogP contribution in [0.4, 0.5) is 13.2 Å². The summed E-state index contributed by atoms with van der Waals surface area (Å²) in [6.07, 6.45) is -0.824. The van der Waals surface area contributed by atoms with E-state index in [1.807, 2.05) is 0 Å². The summed E-state index contributed by atoms with van der Waals surface area (Å²) < 4.78 is 39.7. The summed E-state index contributed by atoms with van der Waals surface area (Å²) in [6, 6.07) is 5.61. The van der Waals surface area contributed by atoms with Crippen molar-refractivity contribution in [3.8, 4) is 5.75 Å². The maximum absolute atomic E-state index is 12.0. The van der Waals surface area contributed by atoms with Gasteiger partial charge in [-0.25, -0.2) is 0 Å². The van der Waals surface area contributed by atoms with Crippen molar-refractivity contribution in [2.24, 2.45) is 5.11 Å². The van der Waals surface area contributed by atoms with Gasteiger partial charge in [-0.3, -0.25) is 0 Å². The second kappa shape index (κ2) is 6.56. The van der Waals surface area contributed by atoms with E-state index >= 15 is 0 Å². The zero-order valence-corrected chi connectivity index (χ0v) is 9.26. The predicted octanol–water partition coefficient (Wildman–Crippen LogP) is 4.30. The third-order valence-corrected chi connectivity index (χ3v) is 1.86. The van der Waals surface area contributed by atoms with E-state index in [2.05, 4.69) is 14.8 Å². The third-order valence-electron chi connectivity index (χ3n) is 1.86. The van der Waals surface area contributed by atoms with E-state index in [0.29, 0.717) is 18.5 Å². The lowest BCUT2D eigenvalue weighted by atomic mass is 10.2. The molecule has 0 fully saturated rings. The van der Waals surface area contributed by atoms with Crippen molar-refractivity contribution in [2.45, 2.75) is 12.8 Å². The van der Waals surface area contributed by atoms with E-state index in [1.165, 1.54) is 18.2 Å². The highest BCUT2D eigenvalue weighted by Crippen LogP contribution is 2.23. The number of hydrogen-bond donors (Lipinski definition) is 0. The standard InChI is InChI=1S/C11H10F3N3O/c12-11(13,14)18-10-6-3-5-9(8-10)4-1-2-7-16-17-15/h1,3-6,8H,2,7H2. The van der Waals surface area contributed by atoms with Crippen LogP contribution < -0.4 is 4.74 Å². The molecule has 0 aliphatic rings. The highest BCUT2D eigenvalue weighted by Gasteiger charge is 2.30. The second-order valence-corrected chi connectivity index (χ2v) is 3.27. The van der Waals surface area contributed by atoms with Gasteiger partial charge in [0.25, 0.3) is 0 Å². The fraction of sp³-hybridized carbons (Fsp3) is 0.273. The van der Waals surface area contributed by atoms with Crippen LogP contribution in [0.2, 0.25) is 0 Å². The summed E-state index contributed by atoms with van der Waals surface area (Å²) in [5.41, 5.74) is 8.62. The lowest BCUT2D eigenvalue weighted by Gasteiger charge is -2.08. The first kappa shape index (κ1) is 13.9. The van der Waals surface area contributed by atoms with Crippen molar-refractivity contribution in [3.05, 3.63) is 46.3 Å². The average molecular weight is 257 g/mol. The number of nitrogens with zero attached hydrogens (tertiary/aromatic N) is 3. The maximum Gasteiger partial charge on any atom is 0.573 e. The van der Waals surface area contributed by atoms with Crippen LogP contribution in [-0.2, 0) is 0 Å². The molecule has 0 spiro atoms. The maximum atomic E-state index is 12.0. The summed E-state index contributed by atoms with van der Waals surface area (Å²) in [7, 11) is 0. The summed E-state index contributed by atoms with van der Waals surface area (Å²) in [6.45, 7) is 0.311. The van der Waals surface area contributed by atoms with Crippen LogP contribution >= 0.6 is 0 Å². The minimum absolute atomic E-state index is 0.264. The monoisotopic (exact) mass is 257 g/mol. The molecule has 0 amide bonds. The second-order valence-electron chi connectivity index (χ2n) is 3.27. The van der Waals surface area contributed by atoms with E-state index in [4.69, 9.17) is 5.53 Å². The van der Waals surface area contributed by atoms with Crippen LogP contribution in [0.1, 0.15) is 12.0 Å². The molecule has 0 saturated heterocycles. The van der Waals surface area contributed by atoms with E-state index in [-0.39, 0.29) is 5.75 Å². The lowest BCUT2D eigenvalue weighted by Crippen LogP contribution is -2.17. The number of halogens is 3. The van der Waals surface area contributed by atoms with Crippen molar-refractivity contribution in [1.82, 2.24) is 0 Å². The largest absolute Gasteiger partial charge is 0.573 e. The molecule has 0 N–H and O–H groups in total. The Kier molecular flexibility index (Phi) is 5.07. The average Bonchev–Trinajstić information content (AvgIpc) is 2.27. The first-order valence-electron chi connectivity index (χ1n) is 5.04. The van der Waals surface area contributed by atoms with Gasteiger partial charge in [-0.2, -0.15) is 0 Å². The highest BCUT2D eigenvalue weighted by atomic mass is 19.4. The molecule has 0 atom stereocenters. The Morgan fingerprint density at radius 1 is 1.39 bits per heavy atom. The Bertz CT molecular complexity index is 465. The van der Waals surface area contributed by atoms with Crippen LogP contribution in [0.5, 0.6) is 5.75 Å². The van der Waals surface area contributed by atoms with Gasteiger partial charge in [0.1, 0.15) is 5.75 Å². The number of hydrogen-bond acceptors (Lipinski definition) is 2. The minimum atomic E-state index is -4.69. The Labute approximate surface area is 101 Å². The summed E-state index contributed by atoms with van der Waals surface area (Å²) >= 11 is 0. The van der Waals surface area contributed by atoms with Crippen LogP contribution in [0, 0.1) is 0 Å². The molecule has 96 valence electrons. The van der Waals surface area contributed by atoms with Gasteiger partial charge in [-0.05, 0) is 29.6 Å². The van der Waals surface area contributed by atoms with Crippen molar-refractivity contribution in [2.75, 3.05) is 6.54 Å². The zero-order valence-electron chi connectivity index (χ0n) is 9.26. The molecule has 0 aromatic heterocycles. The molecular formula is C11H10F3N3O. The fourth-order valence-corrected chi connectivity index (χ4v) is 1.21. The van der Waals surface area contributed by atoms with Gasteiger partial charge in [0.2, 0.25) is 0 Å². The Morgan fingerprint density at radius 2 is 2.17 bits per heavy atom. The summed E-state index contributed by atoms with van der Waals surface area (Å²) in [4.78, 5) is 2.58. The zero-order chi connectivity index (χ0) is 13.4. The number of rotatable bonds is 5. The van der Waals surface area contributed by atoms with Gasteiger partial charge >= 0.3 is 6.36 Å². The molecule has 0 bridgehead atoms. The molecule has 0 aliphatic heterocycles. The van der Waals surface area contributed by atoms with Gasteiger partial charge in [0.15, 0.2) is 0 Å². The van der Waals surface area contributed by atoms with Gasteiger partial charge in [-0.15, -0.1) is 13.2 Å². The van der Waals surface area contributed by atoms with Gasteiger partial charge in [0.05, 0.1) is 0 Å². The molecule has 0 heterocycles. The first-order chi connectivity index (χ1) is 8.51. The van der Waals surface area contributed by atoms with Gasteiger partial charge < -0.3 is 4.74 Å². The topological polar surface area (TPSA) is 58.0 Å². The van der Waals surface area contributed by atoms with E-state index in [1.54, 1.807) is 18.2 Å². The normalized spacial score (nSPS) is 11.3. The number of azide groups is 1. The molecule has 7 heteroatoms. The molecular weight excluding hydrogens is 247 g/mol. The molecule has 0 radical (unpaired) electrons. The van der Waals surface area contributed by atoms with Gasteiger partial charge in [-0.1, -0.05) is 29.4 Å². The van der Waals surface area contributed by atoms with Crippen LogP contribution in [0.15, 0.2) is 35.5 Å². The quantitative estimate of drug-likeness (QED) is 0.336.